The van der Waals surface area contributed by atoms with Crippen LogP contribution in [0.5, 0.6) is 0 Å². The van der Waals surface area contributed by atoms with Gasteiger partial charge in [-0.15, -0.1) is 0 Å². The molecule has 0 unspecified atom stereocenters. The summed E-state index contributed by atoms with van der Waals surface area (Å²) < 4.78 is 0. The molecule has 0 heterocycles. The Morgan fingerprint density at radius 1 is 0.432 bits per heavy atom. The molecule has 0 aliphatic carbocycles. The van der Waals surface area contributed by atoms with Gasteiger partial charge < -0.3 is 9.80 Å². The summed E-state index contributed by atoms with van der Waals surface area (Å²) in [4.78, 5) is 4.73. The highest BCUT2D eigenvalue weighted by Crippen LogP contribution is 2.37. The van der Waals surface area contributed by atoms with Crippen LogP contribution in [0.15, 0.2) is 267 Å². The second kappa shape index (κ2) is 27.4. The molecule has 0 radical (unpaired) electrons. The highest BCUT2D eigenvalue weighted by molar-refractivity contribution is 5.91. The maximum atomic E-state index is 4.10. The van der Waals surface area contributed by atoms with Crippen molar-refractivity contribution in [1.29, 1.82) is 0 Å². The summed E-state index contributed by atoms with van der Waals surface area (Å²) in [5, 5.41) is 0. The summed E-state index contributed by atoms with van der Waals surface area (Å²) in [6.07, 6.45) is 11.0. The molecular weight excluding hydrogens is 893 g/mol. The number of rotatable bonds is 16. The predicted octanol–water partition coefficient (Wildman–Crippen LogP) is 20.7. The van der Waals surface area contributed by atoms with Crippen molar-refractivity contribution in [1.82, 2.24) is 0 Å². The average Bonchev–Trinajstić information content (AvgIpc) is 3.46. The molecule has 0 spiro atoms. The third-order valence-corrected chi connectivity index (χ3v) is 12.9. The van der Waals surface area contributed by atoms with Crippen molar-refractivity contribution in [3.8, 4) is 11.1 Å². The van der Waals surface area contributed by atoms with Crippen molar-refractivity contribution in [3.63, 3.8) is 0 Å². The van der Waals surface area contributed by atoms with Crippen molar-refractivity contribution in [2.75, 3.05) is 9.80 Å². The standard InChI is InChI=1S/C56H54N2.C14H12.C2H6/c1-6-8-10-13-47(7-2)56(50-14-11-9-12-15-50)40-45-24-36-52(37-25-45)57(51-30-16-42(3)17-31-51)41-46-22-26-48(27-23-46)49-28-38-55(39-29-49)58(53-32-18-43(4)19-33-53)54-34-20-44(5)21-35-54;1-12(13-8-4-2-5-9-13)14-10-6-3-7-11-14;1-2/h8-40H,6-7,41H2,1-5H3;2-11H,1H2;1-2H3/b10-8-,47-13+,56-40-;;. The van der Waals surface area contributed by atoms with Gasteiger partial charge in [0, 0.05) is 35.0 Å². The largest absolute Gasteiger partial charge is 0.337 e. The number of benzene rings is 9. The predicted molar refractivity (Wildman–Crippen MR) is 324 cm³/mol. The Hall–Kier alpha value is -8.46. The molecule has 0 fully saturated rings. The third kappa shape index (κ3) is 14.6. The van der Waals surface area contributed by atoms with Crippen LogP contribution in [0, 0.1) is 20.8 Å². The van der Waals surface area contributed by atoms with Crippen molar-refractivity contribution >= 4 is 45.7 Å². The van der Waals surface area contributed by atoms with Crippen LogP contribution in [0.25, 0.3) is 28.3 Å². The molecular formula is C72H72N2. The van der Waals surface area contributed by atoms with Crippen molar-refractivity contribution in [2.24, 2.45) is 0 Å². The topological polar surface area (TPSA) is 6.48 Å². The Morgan fingerprint density at radius 2 is 0.811 bits per heavy atom. The Kier molecular flexibility index (Phi) is 19.7. The lowest BCUT2D eigenvalue weighted by molar-refractivity contribution is 0.975. The van der Waals surface area contributed by atoms with Crippen LogP contribution in [0.4, 0.5) is 28.4 Å². The van der Waals surface area contributed by atoms with Gasteiger partial charge >= 0.3 is 0 Å². The summed E-state index contributed by atoms with van der Waals surface area (Å²) in [6, 6.07) is 84.5. The normalized spacial score (nSPS) is 11.2. The molecule has 2 nitrogen and oxygen atoms in total. The van der Waals surface area contributed by atoms with E-state index in [9.17, 15) is 0 Å². The van der Waals surface area contributed by atoms with Crippen LogP contribution in [-0.2, 0) is 6.54 Å². The molecule has 0 aliphatic rings. The monoisotopic (exact) mass is 965 g/mol. The first-order valence-electron chi connectivity index (χ1n) is 26.3. The fraction of sp³-hybridized carbons (Fsp3) is 0.139. The molecule has 9 rings (SSSR count). The fourth-order valence-corrected chi connectivity index (χ4v) is 8.74. The highest BCUT2D eigenvalue weighted by atomic mass is 15.1. The second-order valence-electron chi connectivity index (χ2n) is 18.3. The van der Waals surface area contributed by atoms with Crippen LogP contribution in [-0.4, -0.2) is 0 Å². The number of hydrogen-bond donors (Lipinski definition) is 0. The van der Waals surface area contributed by atoms with E-state index in [2.05, 4.69) is 275 Å². The van der Waals surface area contributed by atoms with Gasteiger partial charge in [0.25, 0.3) is 0 Å². The molecule has 9 aromatic carbocycles. The van der Waals surface area contributed by atoms with E-state index in [4.69, 9.17) is 0 Å². The Morgan fingerprint density at radius 3 is 1.23 bits per heavy atom. The van der Waals surface area contributed by atoms with E-state index in [0.29, 0.717) is 0 Å². The van der Waals surface area contributed by atoms with E-state index in [1.807, 2.05) is 50.2 Å². The summed E-state index contributed by atoms with van der Waals surface area (Å²) in [5.74, 6) is 0. The first-order chi connectivity index (χ1) is 36.3. The van der Waals surface area contributed by atoms with E-state index in [1.54, 1.807) is 0 Å². The van der Waals surface area contributed by atoms with Gasteiger partial charge in [-0.2, -0.15) is 0 Å². The van der Waals surface area contributed by atoms with Gasteiger partial charge in [0.1, 0.15) is 0 Å². The zero-order valence-electron chi connectivity index (χ0n) is 44.5. The zero-order valence-corrected chi connectivity index (χ0v) is 44.5. The van der Waals surface area contributed by atoms with Crippen LogP contribution >= 0.6 is 0 Å². The summed E-state index contributed by atoms with van der Waals surface area (Å²) in [7, 11) is 0. The average molecular weight is 965 g/mol. The number of anilines is 5. The molecule has 9 aromatic rings. The summed E-state index contributed by atoms with van der Waals surface area (Å²) in [5.41, 5.74) is 21.6. The maximum Gasteiger partial charge on any atom is 0.0481 e. The van der Waals surface area contributed by atoms with E-state index in [0.717, 1.165) is 47.7 Å². The Bertz CT molecular complexity index is 3090. The second-order valence-corrected chi connectivity index (χ2v) is 18.3. The minimum Gasteiger partial charge on any atom is -0.337 e. The lowest BCUT2D eigenvalue weighted by Gasteiger charge is -2.26. The first kappa shape index (κ1) is 53.3. The molecule has 0 saturated carbocycles. The molecule has 0 amide bonds. The first-order valence-corrected chi connectivity index (χ1v) is 26.3. The van der Waals surface area contributed by atoms with E-state index in [-0.39, 0.29) is 0 Å². The smallest absolute Gasteiger partial charge is 0.0481 e. The van der Waals surface area contributed by atoms with Crippen molar-refractivity contribution in [2.45, 2.75) is 67.9 Å². The molecule has 74 heavy (non-hydrogen) atoms. The van der Waals surface area contributed by atoms with E-state index in [1.165, 1.54) is 72.5 Å². The summed E-state index contributed by atoms with van der Waals surface area (Å²) >= 11 is 0. The molecule has 370 valence electrons. The minimum atomic E-state index is 0.751. The highest BCUT2D eigenvalue weighted by Gasteiger charge is 2.15. The number of nitrogens with zero attached hydrogens (tertiary/aromatic N) is 2. The molecule has 0 bridgehead atoms. The van der Waals surface area contributed by atoms with E-state index < -0.39 is 0 Å². The van der Waals surface area contributed by atoms with Gasteiger partial charge in [-0.25, -0.2) is 0 Å². The van der Waals surface area contributed by atoms with Gasteiger partial charge in [0.2, 0.25) is 0 Å². The van der Waals surface area contributed by atoms with Crippen LogP contribution in [0.3, 0.4) is 0 Å². The lowest BCUT2D eigenvalue weighted by Crippen LogP contribution is -2.16. The molecule has 0 saturated heterocycles. The summed E-state index contributed by atoms with van der Waals surface area (Å²) in [6.45, 7) is 19.7. The quantitative estimate of drug-likeness (QED) is 0.0703. The third-order valence-electron chi connectivity index (χ3n) is 12.9. The van der Waals surface area contributed by atoms with Gasteiger partial charge in [-0.05, 0) is 156 Å². The maximum absolute atomic E-state index is 4.10. The van der Waals surface area contributed by atoms with Crippen LogP contribution < -0.4 is 9.80 Å². The van der Waals surface area contributed by atoms with Gasteiger partial charge in [-0.3, -0.25) is 0 Å². The van der Waals surface area contributed by atoms with Gasteiger partial charge in [0.05, 0.1) is 0 Å². The number of hydrogen-bond acceptors (Lipinski definition) is 2. The van der Waals surface area contributed by atoms with Gasteiger partial charge in [0.15, 0.2) is 0 Å². The molecule has 2 heteroatoms. The number of allylic oxidation sites excluding steroid dienone is 5. The zero-order chi connectivity index (χ0) is 52.1. The van der Waals surface area contributed by atoms with Crippen molar-refractivity contribution < 1.29 is 0 Å². The van der Waals surface area contributed by atoms with E-state index >= 15 is 0 Å². The van der Waals surface area contributed by atoms with Crippen molar-refractivity contribution in [3.05, 3.63) is 311 Å². The van der Waals surface area contributed by atoms with Crippen LogP contribution in [0.1, 0.15) is 85.0 Å². The minimum absolute atomic E-state index is 0.751. The van der Waals surface area contributed by atoms with Gasteiger partial charge in [-0.1, -0.05) is 245 Å². The molecule has 0 aromatic heterocycles. The van der Waals surface area contributed by atoms with Crippen LogP contribution in [0.2, 0.25) is 0 Å². The molecule has 0 atom stereocenters. The lowest BCUT2D eigenvalue weighted by atomic mass is 9.93. The Balaban J connectivity index is 0.000000426. The fourth-order valence-electron chi connectivity index (χ4n) is 8.74. The molecule has 0 aliphatic heterocycles. The SMILES string of the molecule is C=C(c1ccccc1)c1ccccc1.CC.CC\C=C/C=C(CC)/C(=C/c1ccc(N(Cc2ccc(-c3ccc(N(c4ccc(C)cc4)c4ccc(C)cc4)cc3)cc2)c2ccc(C)cc2)cc1)c1ccccc1. The Labute approximate surface area is 443 Å². The molecule has 0 N–H and O–H groups in total. The number of aryl methyl sites for hydroxylation is 3.